The van der Waals surface area contributed by atoms with Crippen LogP contribution in [-0.4, -0.2) is 6.54 Å². The van der Waals surface area contributed by atoms with E-state index in [9.17, 15) is 0 Å². The molecule has 2 aromatic carbocycles. The maximum atomic E-state index is 6.29. The van der Waals surface area contributed by atoms with E-state index in [-0.39, 0.29) is 0 Å². The Balaban J connectivity index is 2.17. The molecule has 0 saturated heterocycles. The Morgan fingerprint density at radius 1 is 0.905 bits per heavy atom. The molecule has 0 aromatic heterocycles. The SMILES string of the molecule is CCCNCc1cc(-c2ccc(CCC)cc2)ccc1Cl. The minimum atomic E-state index is 0.828. The summed E-state index contributed by atoms with van der Waals surface area (Å²) in [7, 11) is 0. The van der Waals surface area contributed by atoms with Gasteiger partial charge in [0.05, 0.1) is 0 Å². The Labute approximate surface area is 133 Å². The first-order valence-corrected chi connectivity index (χ1v) is 8.20. The van der Waals surface area contributed by atoms with E-state index < -0.39 is 0 Å². The van der Waals surface area contributed by atoms with E-state index in [4.69, 9.17) is 11.6 Å². The first kappa shape index (κ1) is 16.1. The van der Waals surface area contributed by atoms with E-state index in [1.165, 1.54) is 28.7 Å². The Morgan fingerprint density at radius 3 is 2.29 bits per heavy atom. The minimum absolute atomic E-state index is 0.828. The van der Waals surface area contributed by atoms with Gasteiger partial charge in [0.25, 0.3) is 0 Å². The third-order valence-electron chi connectivity index (χ3n) is 3.61. The van der Waals surface area contributed by atoms with E-state index in [0.717, 1.165) is 31.0 Å². The van der Waals surface area contributed by atoms with Gasteiger partial charge < -0.3 is 5.32 Å². The molecule has 0 radical (unpaired) electrons. The third-order valence-corrected chi connectivity index (χ3v) is 3.98. The Hall–Kier alpha value is -1.31. The fourth-order valence-corrected chi connectivity index (χ4v) is 2.63. The molecule has 2 aromatic rings. The molecule has 0 aliphatic rings. The van der Waals surface area contributed by atoms with Gasteiger partial charge in [0, 0.05) is 11.6 Å². The van der Waals surface area contributed by atoms with Gasteiger partial charge in [-0.05, 0) is 53.8 Å². The van der Waals surface area contributed by atoms with E-state index in [2.05, 4.69) is 55.6 Å². The average Bonchev–Trinajstić information content (AvgIpc) is 2.51. The van der Waals surface area contributed by atoms with Gasteiger partial charge >= 0.3 is 0 Å². The van der Waals surface area contributed by atoms with Crippen LogP contribution in [0.25, 0.3) is 11.1 Å². The van der Waals surface area contributed by atoms with E-state index >= 15 is 0 Å². The lowest BCUT2D eigenvalue weighted by molar-refractivity contribution is 0.676. The van der Waals surface area contributed by atoms with Gasteiger partial charge in [-0.1, -0.05) is 62.2 Å². The number of rotatable bonds is 7. The highest BCUT2D eigenvalue weighted by Gasteiger charge is 2.04. The van der Waals surface area contributed by atoms with Crippen LogP contribution < -0.4 is 5.32 Å². The fraction of sp³-hybridized carbons (Fsp3) is 0.368. The van der Waals surface area contributed by atoms with Gasteiger partial charge in [0.2, 0.25) is 0 Å². The van der Waals surface area contributed by atoms with Crippen LogP contribution in [0.4, 0.5) is 0 Å². The van der Waals surface area contributed by atoms with Crippen LogP contribution in [0.15, 0.2) is 42.5 Å². The van der Waals surface area contributed by atoms with Crippen LogP contribution in [0.3, 0.4) is 0 Å². The fourth-order valence-electron chi connectivity index (χ4n) is 2.44. The molecule has 0 heterocycles. The van der Waals surface area contributed by atoms with Crippen molar-refractivity contribution in [1.82, 2.24) is 5.32 Å². The molecular formula is C19H24ClN. The Morgan fingerprint density at radius 2 is 1.62 bits per heavy atom. The number of hydrogen-bond acceptors (Lipinski definition) is 1. The van der Waals surface area contributed by atoms with Crippen LogP contribution in [0, 0.1) is 0 Å². The monoisotopic (exact) mass is 301 g/mol. The van der Waals surface area contributed by atoms with Gasteiger partial charge in [-0.2, -0.15) is 0 Å². The molecule has 0 saturated carbocycles. The molecule has 2 heteroatoms. The van der Waals surface area contributed by atoms with E-state index in [1.807, 2.05) is 6.07 Å². The van der Waals surface area contributed by atoms with Crippen molar-refractivity contribution >= 4 is 11.6 Å². The van der Waals surface area contributed by atoms with Crippen LogP contribution in [0.2, 0.25) is 5.02 Å². The van der Waals surface area contributed by atoms with Crippen molar-refractivity contribution in [3.63, 3.8) is 0 Å². The van der Waals surface area contributed by atoms with Crippen molar-refractivity contribution in [2.75, 3.05) is 6.54 Å². The van der Waals surface area contributed by atoms with Crippen molar-refractivity contribution in [3.05, 3.63) is 58.6 Å². The van der Waals surface area contributed by atoms with Gasteiger partial charge in [-0.3, -0.25) is 0 Å². The lowest BCUT2D eigenvalue weighted by Crippen LogP contribution is -2.14. The summed E-state index contributed by atoms with van der Waals surface area (Å²) < 4.78 is 0. The summed E-state index contributed by atoms with van der Waals surface area (Å²) in [5.74, 6) is 0. The largest absolute Gasteiger partial charge is 0.313 e. The highest BCUT2D eigenvalue weighted by Crippen LogP contribution is 2.25. The molecule has 0 aliphatic heterocycles. The molecule has 0 fully saturated rings. The number of halogens is 1. The Kier molecular flexibility index (Phi) is 6.28. The first-order valence-electron chi connectivity index (χ1n) is 7.83. The molecular weight excluding hydrogens is 278 g/mol. The normalized spacial score (nSPS) is 10.8. The zero-order valence-corrected chi connectivity index (χ0v) is 13.7. The van der Waals surface area contributed by atoms with Crippen LogP contribution >= 0.6 is 11.6 Å². The zero-order valence-electron chi connectivity index (χ0n) is 13.0. The summed E-state index contributed by atoms with van der Waals surface area (Å²) >= 11 is 6.29. The highest BCUT2D eigenvalue weighted by atomic mass is 35.5. The quantitative estimate of drug-likeness (QED) is 0.670. The molecule has 2 rings (SSSR count). The maximum Gasteiger partial charge on any atom is 0.0451 e. The van der Waals surface area contributed by atoms with Gasteiger partial charge in [-0.15, -0.1) is 0 Å². The van der Waals surface area contributed by atoms with Crippen molar-refractivity contribution < 1.29 is 0 Å². The van der Waals surface area contributed by atoms with Gasteiger partial charge in [-0.25, -0.2) is 0 Å². The van der Waals surface area contributed by atoms with Gasteiger partial charge in [0.1, 0.15) is 0 Å². The molecule has 0 bridgehead atoms. The first-order chi connectivity index (χ1) is 10.2. The van der Waals surface area contributed by atoms with Crippen molar-refractivity contribution in [2.45, 2.75) is 39.7 Å². The molecule has 0 atom stereocenters. The van der Waals surface area contributed by atoms with Gasteiger partial charge in [0.15, 0.2) is 0 Å². The summed E-state index contributed by atoms with van der Waals surface area (Å²) in [4.78, 5) is 0. The van der Waals surface area contributed by atoms with Crippen molar-refractivity contribution in [3.8, 4) is 11.1 Å². The van der Waals surface area contributed by atoms with Crippen molar-refractivity contribution in [1.29, 1.82) is 0 Å². The van der Waals surface area contributed by atoms with E-state index in [0.29, 0.717) is 0 Å². The second kappa shape index (κ2) is 8.21. The molecule has 21 heavy (non-hydrogen) atoms. The summed E-state index contributed by atoms with van der Waals surface area (Å²) in [5.41, 5.74) is 5.05. The lowest BCUT2D eigenvalue weighted by atomic mass is 10.0. The number of nitrogens with one attached hydrogen (secondary N) is 1. The number of benzene rings is 2. The molecule has 0 amide bonds. The Bertz CT molecular complexity index is 560. The molecule has 0 aliphatic carbocycles. The topological polar surface area (TPSA) is 12.0 Å². The number of hydrogen-bond donors (Lipinski definition) is 1. The highest BCUT2D eigenvalue weighted by molar-refractivity contribution is 6.31. The molecule has 112 valence electrons. The minimum Gasteiger partial charge on any atom is -0.313 e. The molecule has 1 N–H and O–H groups in total. The summed E-state index contributed by atoms with van der Waals surface area (Å²) in [6.07, 6.45) is 3.47. The maximum absolute atomic E-state index is 6.29. The second-order valence-corrected chi connectivity index (χ2v) is 5.84. The standard InChI is InChI=1S/C19H24ClN/c1-3-5-15-6-8-16(9-7-15)17-10-11-19(20)18(13-17)14-21-12-4-2/h6-11,13,21H,3-5,12,14H2,1-2H3. The van der Waals surface area contributed by atoms with Crippen LogP contribution in [0.5, 0.6) is 0 Å². The molecule has 1 nitrogen and oxygen atoms in total. The summed E-state index contributed by atoms with van der Waals surface area (Å²) in [6.45, 7) is 6.23. The molecule has 0 spiro atoms. The molecule has 0 unspecified atom stereocenters. The van der Waals surface area contributed by atoms with Crippen LogP contribution in [0.1, 0.15) is 37.8 Å². The predicted molar refractivity (Wildman–Crippen MR) is 92.9 cm³/mol. The smallest absolute Gasteiger partial charge is 0.0451 e. The third kappa shape index (κ3) is 4.59. The average molecular weight is 302 g/mol. The lowest BCUT2D eigenvalue weighted by Gasteiger charge is -2.09. The number of aryl methyl sites for hydroxylation is 1. The van der Waals surface area contributed by atoms with Crippen LogP contribution in [-0.2, 0) is 13.0 Å². The summed E-state index contributed by atoms with van der Waals surface area (Å²) in [6, 6.07) is 15.2. The van der Waals surface area contributed by atoms with Crippen molar-refractivity contribution in [2.24, 2.45) is 0 Å². The summed E-state index contributed by atoms with van der Waals surface area (Å²) in [5, 5.41) is 4.25. The predicted octanol–water partition coefficient (Wildman–Crippen LogP) is 5.46. The zero-order chi connectivity index (χ0) is 15.1. The second-order valence-electron chi connectivity index (χ2n) is 5.43. The van der Waals surface area contributed by atoms with E-state index in [1.54, 1.807) is 0 Å².